The van der Waals surface area contributed by atoms with Crippen LogP contribution >= 0.6 is 0 Å². The molecule has 1 rings (SSSR count). The van der Waals surface area contributed by atoms with E-state index < -0.39 is 11.9 Å². The van der Waals surface area contributed by atoms with Gasteiger partial charge >= 0.3 is 11.9 Å². The molecule has 0 aliphatic heterocycles. The summed E-state index contributed by atoms with van der Waals surface area (Å²) in [6, 6.07) is 8.14. The average molecular weight is 294 g/mol. The van der Waals surface area contributed by atoms with Crippen molar-refractivity contribution in [3.8, 4) is 5.75 Å². The monoisotopic (exact) mass is 294 g/mol. The van der Waals surface area contributed by atoms with Crippen molar-refractivity contribution in [3.05, 3.63) is 35.9 Å². The Morgan fingerprint density at radius 2 is 1.62 bits per heavy atom. The van der Waals surface area contributed by atoms with Crippen molar-refractivity contribution < 1.29 is 24.5 Å². The lowest BCUT2D eigenvalue weighted by atomic mass is 10.1. The first-order valence-corrected chi connectivity index (χ1v) is 6.65. The van der Waals surface area contributed by atoms with Crippen LogP contribution in [0.2, 0.25) is 0 Å². The molecule has 0 aliphatic rings. The second-order valence-corrected chi connectivity index (χ2v) is 4.63. The van der Waals surface area contributed by atoms with Gasteiger partial charge in [0.1, 0.15) is 5.75 Å². The average Bonchev–Trinajstić information content (AvgIpc) is 2.39. The van der Waals surface area contributed by atoms with Crippen LogP contribution in [0, 0.1) is 6.04 Å². The third-order valence-corrected chi connectivity index (χ3v) is 2.89. The highest BCUT2D eigenvalue weighted by atomic mass is 16.5. The van der Waals surface area contributed by atoms with E-state index in [1.807, 2.05) is 31.2 Å². The normalized spacial score (nSPS) is 10.9. The second-order valence-electron chi connectivity index (χ2n) is 4.63. The minimum Gasteiger partial charge on any atom is -0.494 e. The molecule has 0 unspecified atom stereocenters. The Bertz CT molecular complexity index is 455. The zero-order chi connectivity index (χ0) is 15.8. The van der Waals surface area contributed by atoms with Gasteiger partial charge in [-0.15, -0.1) is 0 Å². The molecule has 0 aromatic heterocycles. The van der Waals surface area contributed by atoms with Crippen LogP contribution in [0.4, 0.5) is 0 Å². The van der Waals surface area contributed by atoms with Crippen LogP contribution < -0.4 is 4.74 Å². The topological polar surface area (TPSA) is 87.1 Å². The first-order chi connectivity index (χ1) is 9.92. The van der Waals surface area contributed by atoms with E-state index in [1.54, 1.807) is 6.92 Å². The van der Waals surface area contributed by atoms with E-state index in [1.165, 1.54) is 4.90 Å². The summed E-state index contributed by atoms with van der Waals surface area (Å²) in [6.45, 7) is 3.59. The number of hydrogen-bond donors (Lipinski definition) is 2. The minimum absolute atomic E-state index is 0.324. The first-order valence-electron chi connectivity index (χ1n) is 6.65. The fraction of sp³-hybridized carbons (Fsp3) is 0.400. The molecule has 0 saturated heterocycles. The zero-order valence-electron chi connectivity index (χ0n) is 12.2. The Morgan fingerprint density at radius 3 is 2.05 bits per heavy atom. The molecule has 0 fully saturated rings. The van der Waals surface area contributed by atoms with E-state index in [0.717, 1.165) is 11.3 Å². The lowest BCUT2D eigenvalue weighted by molar-refractivity contribution is -0.141. The fourth-order valence-corrected chi connectivity index (χ4v) is 1.93. The van der Waals surface area contributed by atoms with Crippen molar-refractivity contribution in [1.82, 2.24) is 4.90 Å². The maximum absolute atomic E-state index is 10.8. The number of carboxylic acid groups (broad SMARTS) is 2. The Kier molecular flexibility index (Phi) is 6.68. The van der Waals surface area contributed by atoms with Crippen molar-refractivity contribution in [2.24, 2.45) is 0 Å². The molecule has 0 spiro atoms. The number of nitrogens with zero attached hydrogens (tertiary/aromatic N) is 1. The van der Waals surface area contributed by atoms with Crippen molar-refractivity contribution in [2.45, 2.75) is 20.3 Å². The van der Waals surface area contributed by atoms with Gasteiger partial charge in [0.25, 0.3) is 0 Å². The number of ether oxygens (including phenoxy) is 1. The van der Waals surface area contributed by atoms with Gasteiger partial charge in [-0.2, -0.15) is 0 Å². The maximum Gasteiger partial charge on any atom is 0.317 e. The van der Waals surface area contributed by atoms with Gasteiger partial charge in [0.15, 0.2) is 0 Å². The standard InChI is InChI=1S/C15H20NO5/c1-3-21-13-6-4-12(5-7-13)8-11(2)16(9-14(17)18)10-15(19)20/h4-7H,3,8-10H2,1-2H3,(H,17,18)(H,19,20). The largest absolute Gasteiger partial charge is 0.494 e. The summed E-state index contributed by atoms with van der Waals surface area (Å²) < 4.78 is 5.35. The van der Waals surface area contributed by atoms with Crippen LogP contribution in [0.5, 0.6) is 5.75 Å². The third-order valence-electron chi connectivity index (χ3n) is 2.89. The van der Waals surface area contributed by atoms with E-state index in [9.17, 15) is 9.59 Å². The molecular weight excluding hydrogens is 274 g/mol. The molecule has 2 N–H and O–H groups in total. The van der Waals surface area contributed by atoms with Gasteiger partial charge in [0, 0.05) is 6.04 Å². The quantitative estimate of drug-likeness (QED) is 0.720. The summed E-state index contributed by atoms with van der Waals surface area (Å²) in [6.07, 6.45) is 0.493. The molecule has 115 valence electrons. The fourth-order valence-electron chi connectivity index (χ4n) is 1.93. The number of rotatable bonds is 9. The smallest absolute Gasteiger partial charge is 0.317 e. The van der Waals surface area contributed by atoms with Gasteiger partial charge in [-0.25, -0.2) is 0 Å². The van der Waals surface area contributed by atoms with Gasteiger partial charge in [-0.3, -0.25) is 14.5 Å². The van der Waals surface area contributed by atoms with Crippen molar-refractivity contribution >= 4 is 11.9 Å². The molecule has 21 heavy (non-hydrogen) atoms. The second kappa shape index (κ2) is 8.26. The number of benzene rings is 1. The van der Waals surface area contributed by atoms with Gasteiger partial charge in [0.05, 0.1) is 19.7 Å². The van der Waals surface area contributed by atoms with E-state index in [2.05, 4.69) is 0 Å². The van der Waals surface area contributed by atoms with E-state index in [4.69, 9.17) is 14.9 Å². The minimum atomic E-state index is -1.05. The Morgan fingerprint density at radius 1 is 1.10 bits per heavy atom. The molecule has 0 aliphatic carbocycles. The summed E-state index contributed by atoms with van der Waals surface area (Å²) in [4.78, 5) is 22.9. The number of carboxylic acids is 2. The SMILES string of the molecule is CCOc1ccc(C[C](C)N(CC(=O)O)CC(=O)O)cc1. The maximum atomic E-state index is 10.8. The Labute approximate surface area is 124 Å². The van der Waals surface area contributed by atoms with Crippen LogP contribution in [0.3, 0.4) is 0 Å². The lowest BCUT2D eigenvalue weighted by Gasteiger charge is -2.25. The summed E-state index contributed by atoms with van der Waals surface area (Å²) in [5.74, 6) is -1.34. The van der Waals surface area contributed by atoms with Gasteiger partial charge < -0.3 is 14.9 Å². The van der Waals surface area contributed by atoms with Gasteiger partial charge in [0.2, 0.25) is 0 Å². The van der Waals surface area contributed by atoms with Crippen LogP contribution in [0.15, 0.2) is 24.3 Å². The van der Waals surface area contributed by atoms with Crippen LogP contribution in [-0.2, 0) is 16.0 Å². The summed E-state index contributed by atoms with van der Waals surface area (Å²) in [7, 11) is 0. The van der Waals surface area contributed by atoms with Crippen LogP contribution in [0.1, 0.15) is 19.4 Å². The number of aliphatic carboxylic acids is 2. The molecule has 0 bridgehead atoms. The number of carbonyl (C=O) groups is 2. The summed E-state index contributed by atoms with van der Waals surface area (Å²) in [5.41, 5.74) is 0.969. The predicted molar refractivity (Wildman–Crippen MR) is 77.1 cm³/mol. The van der Waals surface area contributed by atoms with Crippen molar-refractivity contribution in [1.29, 1.82) is 0 Å². The lowest BCUT2D eigenvalue weighted by Crippen LogP contribution is -2.37. The van der Waals surface area contributed by atoms with E-state index in [-0.39, 0.29) is 13.1 Å². The van der Waals surface area contributed by atoms with E-state index >= 15 is 0 Å². The molecule has 0 heterocycles. The highest BCUT2D eigenvalue weighted by molar-refractivity contribution is 5.73. The summed E-state index contributed by atoms with van der Waals surface area (Å²) in [5, 5.41) is 17.7. The zero-order valence-corrected chi connectivity index (χ0v) is 12.2. The molecule has 0 amide bonds. The molecule has 1 aromatic carbocycles. The molecule has 6 nitrogen and oxygen atoms in total. The first kappa shape index (κ1) is 17.0. The molecular formula is C15H20NO5. The van der Waals surface area contributed by atoms with Gasteiger partial charge in [-0.05, 0) is 38.0 Å². The van der Waals surface area contributed by atoms with Crippen LogP contribution in [0.25, 0.3) is 0 Å². The van der Waals surface area contributed by atoms with Crippen molar-refractivity contribution in [2.75, 3.05) is 19.7 Å². The van der Waals surface area contributed by atoms with Crippen molar-refractivity contribution in [3.63, 3.8) is 0 Å². The van der Waals surface area contributed by atoms with Gasteiger partial charge in [-0.1, -0.05) is 12.1 Å². The number of hydrogen-bond acceptors (Lipinski definition) is 4. The summed E-state index contributed by atoms with van der Waals surface area (Å²) >= 11 is 0. The highest BCUT2D eigenvalue weighted by Crippen LogP contribution is 2.18. The molecule has 1 aromatic rings. The van der Waals surface area contributed by atoms with Crippen LogP contribution in [-0.4, -0.2) is 46.7 Å². The molecule has 0 saturated carbocycles. The molecule has 1 radical (unpaired) electrons. The Balaban J connectivity index is 2.68. The molecule has 6 heteroatoms. The third kappa shape index (κ3) is 6.27. The predicted octanol–water partition coefficient (Wildman–Crippen LogP) is 1.65. The highest BCUT2D eigenvalue weighted by Gasteiger charge is 2.20. The Hall–Kier alpha value is -2.08. The van der Waals surface area contributed by atoms with E-state index in [0.29, 0.717) is 19.1 Å². The molecule has 0 atom stereocenters.